The van der Waals surface area contributed by atoms with Gasteiger partial charge in [0.2, 0.25) is 20.0 Å². The lowest BCUT2D eigenvalue weighted by Gasteiger charge is -2.36. The maximum Gasteiger partial charge on any atom is 0.243 e. The maximum absolute atomic E-state index is 13.6. The molecule has 1 fully saturated rings. The second-order valence-electron chi connectivity index (χ2n) is 8.46. The number of rotatable bonds is 9. The summed E-state index contributed by atoms with van der Waals surface area (Å²) in [6, 6.07) is 15.2. The van der Waals surface area contributed by atoms with Gasteiger partial charge in [-0.1, -0.05) is 18.2 Å². The summed E-state index contributed by atoms with van der Waals surface area (Å²) in [7, 11) is -6.24. The topological polar surface area (TPSA) is 96.0 Å². The van der Waals surface area contributed by atoms with E-state index >= 15 is 0 Å². The number of anilines is 1. The van der Waals surface area contributed by atoms with Crippen LogP contribution in [-0.2, 0) is 26.5 Å². The quantitative estimate of drug-likeness (QED) is 0.439. The standard InChI is InChI=1S/C25H27F2N3O5S2/c1-35-25-10-9-22(36(31,32)28-12-11-19-5-7-20(26)8-6-19)18-24(25)29-13-15-30(16-14-29)37(33,34)23-4-2-3-21(27)17-23/h2-10,17-18,28H,11-16H2,1H3. The molecule has 1 aliphatic rings. The molecule has 1 heterocycles. The van der Waals surface area contributed by atoms with E-state index in [9.17, 15) is 25.6 Å². The van der Waals surface area contributed by atoms with Crippen LogP contribution in [0.25, 0.3) is 0 Å². The molecule has 0 saturated carbocycles. The molecule has 4 rings (SSSR count). The molecular weight excluding hydrogens is 524 g/mol. The van der Waals surface area contributed by atoms with Crippen LogP contribution in [0.4, 0.5) is 14.5 Å². The minimum atomic E-state index is -3.86. The van der Waals surface area contributed by atoms with Crippen LogP contribution in [0.3, 0.4) is 0 Å². The smallest absolute Gasteiger partial charge is 0.243 e. The van der Waals surface area contributed by atoms with Gasteiger partial charge in [0.05, 0.1) is 22.6 Å². The number of hydrogen-bond donors (Lipinski definition) is 1. The number of methoxy groups -OCH3 is 1. The molecule has 198 valence electrons. The molecule has 1 saturated heterocycles. The molecule has 37 heavy (non-hydrogen) atoms. The molecule has 3 aromatic rings. The highest BCUT2D eigenvalue weighted by Crippen LogP contribution is 2.32. The van der Waals surface area contributed by atoms with E-state index < -0.39 is 25.9 Å². The van der Waals surface area contributed by atoms with Crippen LogP contribution in [-0.4, -0.2) is 61.0 Å². The van der Waals surface area contributed by atoms with Crippen molar-refractivity contribution >= 4 is 25.7 Å². The minimum Gasteiger partial charge on any atom is -0.495 e. The number of hydrogen-bond acceptors (Lipinski definition) is 6. The van der Waals surface area contributed by atoms with Crippen LogP contribution in [0.2, 0.25) is 0 Å². The summed E-state index contributed by atoms with van der Waals surface area (Å²) in [5, 5.41) is 0. The monoisotopic (exact) mass is 551 g/mol. The lowest BCUT2D eigenvalue weighted by atomic mass is 10.1. The predicted octanol–water partition coefficient (Wildman–Crippen LogP) is 3.01. The fourth-order valence-corrected chi connectivity index (χ4v) is 6.60. The van der Waals surface area contributed by atoms with Crippen LogP contribution in [0, 0.1) is 11.6 Å². The molecule has 8 nitrogen and oxygen atoms in total. The van der Waals surface area contributed by atoms with Gasteiger partial charge in [0.15, 0.2) is 0 Å². The molecule has 1 aliphatic heterocycles. The predicted molar refractivity (Wildman–Crippen MR) is 136 cm³/mol. The summed E-state index contributed by atoms with van der Waals surface area (Å²) >= 11 is 0. The molecule has 0 spiro atoms. The Morgan fingerprint density at radius 1 is 0.838 bits per heavy atom. The van der Waals surface area contributed by atoms with Crippen LogP contribution in [0.5, 0.6) is 5.75 Å². The van der Waals surface area contributed by atoms with Gasteiger partial charge in [-0.3, -0.25) is 0 Å². The highest BCUT2D eigenvalue weighted by Gasteiger charge is 2.30. The molecule has 0 bridgehead atoms. The average molecular weight is 552 g/mol. The van der Waals surface area contributed by atoms with Crippen molar-refractivity contribution in [3.05, 3.63) is 83.9 Å². The molecule has 0 aliphatic carbocycles. The number of benzene rings is 3. The zero-order chi connectivity index (χ0) is 26.6. The Morgan fingerprint density at radius 2 is 1.54 bits per heavy atom. The number of ether oxygens (including phenoxy) is 1. The third kappa shape index (κ3) is 6.27. The minimum absolute atomic E-state index is 0.0391. The molecular formula is C25H27F2N3O5S2. The fraction of sp³-hybridized carbons (Fsp3) is 0.280. The van der Waals surface area contributed by atoms with Gasteiger partial charge in [0.1, 0.15) is 17.4 Å². The SMILES string of the molecule is COc1ccc(S(=O)(=O)NCCc2ccc(F)cc2)cc1N1CCN(S(=O)(=O)c2cccc(F)c2)CC1. The van der Waals surface area contributed by atoms with Gasteiger partial charge in [-0.2, -0.15) is 4.31 Å². The number of piperazine rings is 1. The number of nitrogens with zero attached hydrogens (tertiary/aromatic N) is 2. The highest BCUT2D eigenvalue weighted by atomic mass is 32.2. The summed E-state index contributed by atoms with van der Waals surface area (Å²) in [4.78, 5) is 1.78. The largest absolute Gasteiger partial charge is 0.495 e. The first-order valence-electron chi connectivity index (χ1n) is 11.5. The van der Waals surface area contributed by atoms with Gasteiger partial charge in [-0.25, -0.2) is 30.3 Å². The second-order valence-corrected chi connectivity index (χ2v) is 12.2. The zero-order valence-corrected chi connectivity index (χ0v) is 21.7. The van der Waals surface area contributed by atoms with Gasteiger partial charge in [-0.15, -0.1) is 0 Å². The first kappa shape index (κ1) is 27.0. The number of halogens is 2. The highest BCUT2D eigenvalue weighted by molar-refractivity contribution is 7.89. The molecule has 12 heteroatoms. The summed E-state index contributed by atoms with van der Waals surface area (Å²) in [5.41, 5.74) is 1.32. The summed E-state index contributed by atoms with van der Waals surface area (Å²) in [5.74, 6) is -0.539. The van der Waals surface area contributed by atoms with E-state index in [1.165, 1.54) is 53.9 Å². The van der Waals surface area contributed by atoms with Crippen molar-refractivity contribution < 1.29 is 30.4 Å². The average Bonchev–Trinajstić information content (AvgIpc) is 2.89. The Hall–Kier alpha value is -3.06. The summed E-state index contributed by atoms with van der Waals surface area (Å²) in [6.45, 7) is 0.967. The summed E-state index contributed by atoms with van der Waals surface area (Å²) < 4.78 is 87.6. The Balaban J connectivity index is 1.46. The van der Waals surface area contributed by atoms with E-state index in [1.807, 2.05) is 4.90 Å². The van der Waals surface area contributed by atoms with Crippen molar-refractivity contribution in [3.8, 4) is 5.75 Å². The Kier molecular flexibility index (Phi) is 8.12. The van der Waals surface area contributed by atoms with E-state index in [-0.39, 0.29) is 48.3 Å². The van der Waals surface area contributed by atoms with E-state index in [0.717, 1.165) is 11.6 Å². The van der Waals surface area contributed by atoms with E-state index in [0.29, 0.717) is 17.9 Å². The van der Waals surface area contributed by atoms with Gasteiger partial charge >= 0.3 is 0 Å². The molecule has 0 radical (unpaired) electrons. The fourth-order valence-electron chi connectivity index (χ4n) is 4.09. The first-order valence-corrected chi connectivity index (χ1v) is 14.5. The first-order chi connectivity index (χ1) is 17.6. The van der Waals surface area contributed by atoms with E-state index in [2.05, 4.69) is 4.72 Å². The van der Waals surface area contributed by atoms with Crippen LogP contribution in [0.15, 0.2) is 76.5 Å². The second kappa shape index (κ2) is 11.1. The molecule has 0 aromatic heterocycles. The van der Waals surface area contributed by atoms with Gasteiger partial charge < -0.3 is 9.64 Å². The van der Waals surface area contributed by atoms with Crippen molar-refractivity contribution in [2.45, 2.75) is 16.2 Å². The van der Waals surface area contributed by atoms with Crippen molar-refractivity contribution in [1.82, 2.24) is 9.03 Å². The van der Waals surface area contributed by atoms with Crippen molar-refractivity contribution in [2.75, 3.05) is 44.7 Å². The van der Waals surface area contributed by atoms with Gasteiger partial charge in [0.25, 0.3) is 0 Å². The summed E-state index contributed by atoms with van der Waals surface area (Å²) in [6.07, 6.45) is 0.393. The van der Waals surface area contributed by atoms with Crippen LogP contribution < -0.4 is 14.4 Å². The van der Waals surface area contributed by atoms with E-state index in [1.54, 1.807) is 18.2 Å². The zero-order valence-electron chi connectivity index (χ0n) is 20.1. The molecule has 0 amide bonds. The Labute approximate surface area is 215 Å². The van der Waals surface area contributed by atoms with Gasteiger partial charge in [-0.05, 0) is 60.5 Å². The third-order valence-corrected chi connectivity index (χ3v) is 9.45. The Bertz CT molecular complexity index is 1460. The molecule has 3 aromatic carbocycles. The molecule has 0 atom stereocenters. The van der Waals surface area contributed by atoms with Crippen molar-refractivity contribution in [2.24, 2.45) is 0 Å². The van der Waals surface area contributed by atoms with Crippen LogP contribution >= 0.6 is 0 Å². The van der Waals surface area contributed by atoms with Crippen molar-refractivity contribution in [1.29, 1.82) is 0 Å². The number of sulfonamides is 2. The maximum atomic E-state index is 13.6. The van der Waals surface area contributed by atoms with E-state index in [4.69, 9.17) is 4.74 Å². The normalized spacial score (nSPS) is 15.1. The lowest BCUT2D eigenvalue weighted by molar-refractivity contribution is 0.378. The van der Waals surface area contributed by atoms with Crippen LogP contribution in [0.1, 0.15) is 5.56 Å². The Morgan fingerprint density at radius 3 is 2.19 bits per heavy atom. The van der Waals surface area contributed by atoms with Gasteiger partial charge in [0, 0.05) is 32.7 Å². The third-order valence-electron chi connectivity index (χ3n) is 6.09. The van der Waals surface area contributed by atoms with Crippen molar-refractivity contribution in [3.63, 3.8) is 0 Å². The molecule has 0 unspecified atom stereocenters. The number of nitrogens with one attached hydrogen (secondary N) is 1. The molecule has 1 N–H and O–H groups in total. The lowest BCUT2D eigenvalue weighted by Crippen LogP contribution is -2.48.